The second-order valence-corrected chi connectivity index (χ2v) is 11.8. The minimum atomic E-state index is -1.16. The largest absolute Gasteiger partial charge is 0.493 e. The number of ether oxygens (including phenoxy) is 3. The number of nitrogens with zero attached hydrogens (tertiary/aromatic N) is 5. The van der Waals surface area contributed by atoms with Gasteiger partial charge in [-0.3, -0.25) is 24.3 Å². The molecule has 0 bridgehead atoms. The number of hydrogen-bond donors (Lipinski definition) is 0. The van der Waals surface area contributed by atoms with Crippen LogP contribution in [-0.2, 0) is 16.1 Å². The Kier molecular flexibility index (Phi) is 9.57. The quantitative estimate of drug-likeness (QED) is 0.221. The summed E-state index contributed by atoms with van der Waals surface area (Å²) in [7, 11) is 3.50. The predicted molar refractivity (Wildman–Crippen MR) is 171 cm³/mol. The first-order valence-corrected chi connectivity index (χ1v) is 15.2. The van der Waals surface area contributed by atoms with Gasteiger partial charge >= 0.3 is 0 Å². The van der Waals surface area contributed by atoms with E-state index in [9.17, 15) is 14.4 Å². The summed E-state index contributed by atoms with van der Waals surface area (Å²) < 4.78 is 16.9. The topological polar surface area (TPSA) is 105 Å². The first-order chi connectivity index (χ1) is 21.6. The van der Waals surface area contributed by atoms with Crippen LogP contribution in [0.5, 0.6) is 17.2 Å². The lowest BCUT2D eigenvalue weighted by Gasteiger charge is -2.27. The molecule has 3 amide bonds. The van der Waals surface area contributed by atoms with E-state index in [-0.39, 0.29) is 24.5 Å². The van der Waals surface area contributed by atoms with E-state index in [1.165, 1.54) is 0 Å². The van der Waals surface area contributed by atoms with Crippen molar-refractivity contribution in [3.05, 3.63) is 72.1 Å². The average molecular weight is 616 g/mol. The Balaban J connectivity index is 1.20. The van der Waals surface area contributed by atoms with Crippen LogP contribution in [0, 0.1) is 5.41 Å². The number of carbonyl (C=O) groups excluding carboxylic acids is 3. The number of fused-ring (bicyclic) bond motifs is 2. The molecule has 2 aliphatic rings. The average Bonchev–Trinajstić information content (AvgIpc) is 3.52. The fraction of sp³-hybridized carbons (Fsp3) is 0.412. The first kappa shape index (κ1) is 31.8. The second-order valence-electron chi connectivity index (χ2n) is 11.8. The van der Waals surface area contributed by atoms with Crippen LogP contribution in [0.1, 0.15) is 43.1 Å². The minimum absolute atomic E-state index is 0.0844. The van der Waals surface area contributed by atoms with E-state index in [0.717, 1.165) is 18.5 Å². The molecule has 238 valence electrons. The van der Waals surface area contributed by atoms with E-state index < -0.39 is 5.41 Å². The number of anilines is 2. The van der Waals surface area contributed by atoms with Crippen LogP contribution in [0.2, 0.25) is 0 Å². The van der Waals surface area contributed by atoms with Crippen molar-refractivity contribution >= 4 is 29.1 Å². The third-order valence-corrected chi connectivity index (χ3v) is 8.30. The van der Waals surface area contributed by atoms with Crippen LogP contribution >= 0.6 is 0 Å². The number of amides is 3. The third kappa shape index (κ3) is 6.88. The Hall–Kier alpha value is -4.64. The minimum Gasteiger partial charge on any atom is -0.493 e. The number of benzene rings is 2. The molecular formula is C34H41N5O6. The van der Waals surface area contributed by atoms with Crippen LogP contribution in [0.15, 0.2) is 60.9 Å². The lowest BCUT2D eigenvalue weighted by Crippen LogP contribution is -2.47. The van der Waals surface area contributed by atoms with Crippen LogP contribution in [-0.4, -0.2) is 86.2 Å². The van der Waals surface area contributed by atoms with Crippen molar-refractivity contribution in [2.45, 2.75) is 33.7 Å². The third-order valence-electron chi connectivity index (χ3n) is 8.30. The molecule has 3 aromatic rings. The maximum atomic E-state index is 13.2. The molecule has 0 saturated heterocycles. The highest BCUT2D eigenvalue weighted by Gasteiger charge is 2.45. The molecule has 0 fully saturated rings. The maximum Gasteiger partial charge on any atom is 0.253 e. The molecule has 0 atom stereocenters. The normalized spacial score (nSPS) is 15.2. The molecule has 1 aromatic heterocycles. The Morgan fingerprint density at radius 3 is 2.47 bits per heavy atom. The van der Waals surface area contributed by atoms with Gasteiger partial charge in [-0.1, -0.05) is 0 Å². The van der Waals surface area contributed by atoms with Gasteiger partial charge in [0.15, 0.2) is 11.5 Å². The van der Waals surface area contributed by atoms with Gasteiger partial charge in [-0.15, -0.1) is 0 Å². The molecule has 5 rings (SSSR count). The van der Waals surface area contributed by atoms with E-state index in [1.807, 2.05) is 37.3 Å². The summed E-state index contributed by atoms with van der Waals surface area (Å²) in [6, 6.07) is 14.7. The summed E-state index contributed by atoms with van der Waals surface area (Å²) in [4.78, 5) is 50.8. The zero-order chi connectivity index (χ0) is 32.1. The zero-order valence-corrected chi connectivity index (χ0v) is 26.6. The van der Waals surface area contributed by atoms with E-state index in [4.69, 9.17) is 14.2 Å². The lowest BCUT2D eigenvalue weighted by atomic mass is 9.90. The Morgan fingerprint density at radius 2 is 1.71 bits per heavy atom. The summed E-state index contributed by atoms with van der Waals surface area (Å²) >= 11 is 0. The molecule has 0 spiro atoms. The SMILES string of the molecule is CCN1C(=O)C(C)(C)C(=O)N(C)c2cc(OCCCN(CCN(C)C(=O)c3ccc4c(c3)OCO4)Cc3ccncc3)ccc21. The van der Waals surface area contributed by atoms with Gasteiger partial charge in [0.25, 0.3) is 5.91 Å². The summed E-state index contributed by atoms with van der Waals surface area (Å²) in [5.74, 6) is 1.31. The highest BCUT2D eigenvalue weighted by molar-refractivity contribution is 6.20. The highest BCUT2D eigenvalue weighted by Crippen LogP contribution is 2.40. The van der Waals surface area contributed by atoms with Gasteiger partial charge < -0.3 is 28.9 Å². The maximum absolute atomic E-state index is 13.2. The molecule has 11 heteroatoms. The van der Waals surface area contributed by atoms with Gasteiger partial charge in [-0.25, -0.2) is 0 Å². The molecular weight excluding hydrogens is 574 g/mol. The number of aromatic nitrogens is 1. The number of likely N-dealkylation sites (N-methyl/N-ethyl adjacent to an activating group) is 1. The summed E-state index contributed by atoms with van der Waals surface area (Å²) in [6.45, 7) is 8.97. The second kappa shape index (κ2) is 13.6. The molecule has 45 heavy (non-hydrogen) atoms. The van der Waals surface area contributed by atoms with Crippen molar-refractivity contribution in [1.82, 2.24) is 14.8 Å². The van der Waals surface area contributed by atoms with Crippen LogP contribution in [0.3, 0.4) is 0 Å². The summed E-state index contributed by atoms with van der Waals surface area (Å²) in [6.07, 6.45) is 4.30. The van der Waals surface area contributed by atoms with Crippen molar-refractivity contribution in [3.63, 3.8) is 0 Å². The fourth-order valence-electron chi connectivity index (χ4n) is 5.61. The Bertz CT molecular complexity index is 1550. The standard InChI is InChI=1S/C34H41N5O6/c1-6-39-27-10-9-26(21-28(27)37(5)32(41)34(2,3)33(39)42)43-19-7-16-38(22-24-12-14-35-15-13-24)18-17-36(4)31(40)25-8-11-29-30(20-25)45-23-44-29/h8-15,20-21H,6-7,16-19,22-23H2,1-5H3. The van der Waals surface area contributed by atoms with Gasteiger partial charge in [0.1, 0.15) is 11.2 Å². The van der Waals surface area contributed by atoms with Gasteiger partial charge in [0.05, 0.1) is 18.0 Å². The van der Waals surface area contributed by atoms with Gasteiger partial charge in [-0.2, -0.15) is 0 Å². The Labute approximate surface area is 264 Å². The van der Waals surface area contributed by atoms with E-state index in [0.29, 0.717) is 67.0 Å². The van der Waals surface area contributed by atoms with E-state index in [1.54, 1.807) is 73.2 Å². The van der Waals surface area contributed by atoms with Crippen LogP contribution in [0.25, 0.3) is 0 Å². The molecule has 2 aromatic carbocycles. The number of rotatable bonds is 12. The molecule has 3 heterocycles. The predicted octanol–water partition coefficient (Wildman–Crippen LogP) is 4.21. The van der Waals surface area contributed by atoms with Crippen molar-refractivity contribution in [3.8, 4) is 17.2 Å². The molecule has 0 radical (unpaired) electrons. The van der Waals surface area contributed by atoms with Crippen molar-refractivity contribution in [1.29, 1.82) is 0 Å². The van der Waals surface area contributed by atoms with Crippen molar-refractivity contribution in [2.24, 2.45) is 5.41 Å². The molecule has 0 N–H and O–H groups in total. The molecule has 0 aliphatic carbocycles. The number of hydrogen-bond acceptors (Lipinski definition) is 8. The van der Waals surface area contributed by atoms with Gasteiger partial charge in [-0.05, 0) is 75.2 Å². The van der Waals surface area contributed by atoms with Gasteiger partial charge in [0.2, 0.25) is 18.6 Å². The molecule has 2 aliphatic heterocycles. The van der Waals surface area contributed by atoms with Crippen molar-refractivity contribution < 1.29 is 28.6 Å². The number of carbonyl (C=O) groups is 3. The zero-order valence-electron chi connectivity index (χ0n) is 26.6. The molecule has 11 nitrogen and oxygen atoms in total. The van der Waals surface area contributed by atoms with E-state index in [2.05, 4.69) is 9.88 Å². The summed E-state index contributed by atoms with van der Waals surface area (Å²) in [5.41, 5.74) is 1.87. The van der Waals surface area contributed by atoms with Gasteiger partial charge in [0, 0.05) is 70.8 Å². The van der Waals surface area contributed by atoms with Crippen molar-refractivity contribution in [2.75, 3.05) is 63.5 Å². The Morgan fingerprint density at radius 1 is 0.956 bits per heavy atom. The van der Waals surface area contributed by atoms with E-state index >= 15 is 0 Å². The fourth-order valence-corrected chi connectivity index (χ4v) is 5.61. The van der Waals surface area contributed by atoms with Crippen LogP contribution < -0.4 is 24.0 Å². The lowest BCUT2D eigenvalue weighted by molar-refractivity contribution is -0.137. The smallest absolute Gasteiger partial charge is 0.253 e. The van der Waals surface area contributed by atoms with Crippen LogP contribution in [0.4, 0.5) is 11.4 Å². The summed E-state index contributed by atoms with van der Waals surface area (Å²) in [5, 5.41) is 0. The number of pyridine rings is 1. The monoisotopic (exact) mass is 615 g/mol. The first-order valence-electron chi connectivity index (χ1n) is 15.2. The highest BCUT2D eigenvalue weighted by atomic mass is 16.7. The molecule has 0 unspecified atom stereocenters. The molecule has 0 saturated carbocycles.